The van der Waals surface area contributed by atoms with Crippen molar-refractivity contribution in [3.8, 4) is 0 Å². The van der Waals surface area contributed by atoms with E-state index in [0.717, 1.165) is 43.7 Å². The Morgan fingerprint density at radius 1 is 1.23 bits per heavy atom. The number of benzene rings is 1. The molecule has 26 heavy (non-hydrogen) atoms. The number of rotatable bonds is 8. The molecule has 1 N–H and O–H groups in total. The van der Waals surface area contributed by atoms with Crippen molar-refractivity contribution < 1.29 is 4.74 Å². The van der Waals surface area contributed by atoms with Gasteiger partial charge in [-0.1, -0.05) is 29.8 Å². The van der Waals surface area contributed by atoms with Gasteiger partial charge in [0.15, 0.2) is 11.8 Å². The Morgan fingerprint density at radius 2 is 1.96 bits per heavy atom. The highest BCUT2D eigenvalue weighted by molar-refractivity contribution is 5.79. The Labute approximate surface area is 156 Å². The molecule has 2 rings (SSSR count). The fraction of sp³-hybridized carbons (Fsp3) is 0.526. The van der Waals surface area contributed by atoms with Crippen molar-refractivity contribution >= 4 is 5.96 Å². The van der Waals surface area contributed by atoms with Gasteiger partial charge in [-0.15, -0.1) is 10.2 Å². The standard InChI is InChI=1S/C19H30N6O/c1-15-7-9-17(10-8-15)14-24(3)19(20-11-6-12-26-5)21-13-18-23-22-16(2)25(18)4/h7-10H,6,11-14H2,1-5H3,(H,20,21). The van der Waals surface area contributed by atoms with E-state index in [0.29, 0.717) is 6.54 Å². The maximum Gasteiger partial charge on any atom is 0.194 e. The van der Waals surface area contributed by atoms with E-state index in [-0.39, 0.29) is 0 Å². The summed E-state index contributed by atoms with van der Waals surface area (Å²) in [4.78, 5) is 6.87. The lowest BCUT2D eigenvalue weighted by atomic mass is 10.1. The number of ether oxygens (including phenoxy) is 1. The lowest BCUT2D eigenvalue weighted by molar-refractivity contribution is 0.195. The molecule has 1 heterocycles. The molecule has 0 saturated heterocycles. The van der Waals surface area contributed by atoms with Gasteiger partial charge in [-0.25, -0.2) is 4.99 Å². The molecule has 0 atom stereocenters. The zero-order chi connectivity index (χ0) is 18.9. The van der Waals surface area contributed by atoms with Crippen LogP contribution in [0.5, 0.6) is 0 Å². The second kappa shape index (κ2) is 9.91. The van der Waals surface area contributed by atoms with E-state index >= 15 is 0 Å². The van der Waals surface area contributed by atoms with Crippen LogP contribution in [-0.2, 0) is 24.9 Å². The number of methoxy groups -OCH3 is 1. The van der Waals surface area contributed by atoms with Gasteiger partial charge >= 0.3 is 0 Å². The molecule has 0 unspecified atom stereocenters. The van der Waals surface area contributed by atoms with Gasteiger partial charge in [0.05, 0.1) is 0 Å². The minimum Gasteiger partial charge on any atom is -0.385 e. The van der Waals surface area contributed by atoms with Crippen LogP contribution in [0, 0.1) is 13.8 Å². The van der Waals surface area contributed by atoms with Gasteiger partial charge in [0.25, 0.3) is 0 Å². The Morgan fingerprint density at radius 3 is 2.58 bits per heavy atom. The average Bonchev–Trinajstić information content (AvgIpc) is 2.95. The summed E-state index contributed by atoms with van der Waals surface area (Å²) >= 11 is 0. The number of guanidine groups is 1. The van der Waals surface area contributed by atoms with Gasteiger partial charge in [0, 0.05) is 40.9 Å². The smallest absolute Gasteiger partial charge is 0.194 e. The van der Waals surface area contributed by atoms with Crippen molar-refractivity contribution in [3.05, 3.63) is 47.0 Å². The highest BCUT2D eigenvalue weighted by atomic mass is 16.5. The first kappa shape index (κ1) is 19.9. The molecule has 0 spiro atoms. The van der Waals surface area contributed by atoms with Crippen LogP contribution in [0.2, 0.25) is 0 Å². The van der Waals surface area contributed by atoms with E-state index in [1.165, 1.54) is 11.1 Å². The van der Waals surface area contributed by atoms with E-state index in [4.69, 9.17) is 9.73 Å². The minimum absolute atomic E-state index is 0.488. The summed E-state index contributed by atoms with van der Waals surface area (Å²) in [6.45, 7) is 6.85. The summed E-state index contributed by atoms with van der Waals surface area (Å²) in [5, 5.41) is 11.7. The molecule has 7 nitrogen and oxygen atoms in total. The molecule has 1 aromatic carbocycles. The SMILES string of the molecule is COCCCNC(=NCc1nnc(C)n1C)N(C)Cc1ccc(C)cc1. The highest BCUT2D eigenvalue weighted by Gasteiger charge is 2.09. The quantitative estimate of drug-likeness (QED) is 0.444. The molecular formula is C19H30N6O. The lowest BCUT2D eigenvalue weighted by Gasteiger charge is -2.22. The van der Waals surface area contributed by atoms with Gasteiger partial charge < -0.3 is 19.5 Å². The third-order valence-electron chi connectivity index (χ3n) is 4.26. The molecule has 0 saturated carbocycles. The summed E-state index contributed by atoms with van der Waals surface area (Å²) < 4.78 is 7.09. The Bertz CT molecular complexity index is 707. The van der Waals surface area contributed by atoms with Gasteiger partial charge in [-0.3, -0.25) is 0 Å². The number of aliphatic imine (C=N–C) groups is 1. The molecule has 0 bridgehead atoms. The zero-order valence-corrected chi connectivity index (χ0v) is 16.5. The van der Waals surface area contributed by atoms with Crippen LogP contribution < -0.4 is 5.32 Å². The highest BCUT2D eigenvalue weighted by Crippen LogP contribution is 2.07. The van der Waals surface area contributed by atoms with Crippen LogP contribution in [0.4, 0.5) is 0 Å². The molecule has 0 aliphatic carbocycles. The normalized spacial score (nSPS) is 11.7. The third-order valence-corrected chi connectivity index (χ3v) is 4.26. The number of aryl methyl sites for hydroxylation is 2. The van der Waals surface area contributed by atoms with Crippen molar-refractivity contribution in [1.82, 2.24) is 25.0 Å². The van der Waals surface area contributed by atoms with E-state index in [1.807, 2.05) is 25.6 Å². The van der Waals surface area contributed by atoms with E-state index in [2.05, 4.69) is 51.6 Å². The fourth-order valence-electron chi connectivity index (χ4n) is 2.50. The number of nitrogens with zero attached hydrogens (tertiary/aromatic N) is 5. The molecule has 0 aliphatic heterocycles. The second-order valence-electron chi connectivity index (χ2n) is 6.48. The van der Waals surface area contributed by atoms with Crippen LogP contribution >= 0.6 is 0 Å². The van der Waals surface area contributed by atoms with Gasteiger partial charge in [-0.05, 0) is 25.8 Å². The van der Waals surface area contributed by atoms with Crippen LogP contribution in [0.1, 0.15) is 29.2 Å². The maximum absolute atomic E-state index is 5.12. The summed E-state index contributed by atoms with van der Waals surface area (Å²) in [6.07, 6.45) is 0.928. The lowest BCUT2D eigenvalue weighted by Crippen LogP contribution is -2.39. The Hall–Kier alpha value is -2.41. The fourth-order valence-corrected chi connectivity index (χ4v) is 2.50. The van der Waals surface area contributed by atoms with Crippen LogP contribution in [0.3, 0.4) is 0 Å². The number of hydrogen-bond donors (Lipinski definition) is 1. The second-order valence-corrected chi connectivity index (χ2v) is 6.48. The van der Waals surface area contributed by atoms with E-state index in [9.17, 15) is 0 Å². The molecular weight excluding hydrogens is 328 g/mol. The third kappa shape index (κ3) is 5.84. The molecule has 2 aromatic rings. The van der Waals surface area contributed by atoms with Crippen molar-refractivity contribution in [2.75, 3.05) is 27.3 Å². The monoisotopic (exact) mass is 358 g/mol. The largest absolute Gasteiger partial charge is 0.385 e. The zero-order valence-electron chi connectivity index (χ0n) is 16.5. The van der Waals surface area contributed by atoms with Crippen molar-refractivity contribution in [2.45, 2.75) is 33.4 Å². The predicted molar refractivity (Wildman–Crippen MR) is 104 cm³/mol. The predicted octanol–water partition coefficient (Wildman–Crippen LogP) is 2.05. The first-order valence-corrected chi connectivity index (χ1v) is 8.90. The van der Waals surface area contributed by atoms with Crippen LogP contribution in [-0.4, -0.2) is 52.9 Å². The number of nitrogens with one attached hydrogen (secondary N) is 1. The topological polar surface area (TPSA) is 67.6 Å². The summed E-state index contributed by atoms with van der Waals surface area (Å²) in [6, 6.07) is 8.57. The molecule has 142 valence electrons. The van der Waals surface area contributed by atoms with Crippen LogP contribution in [0.25, 0.3) is 0 Å². The minimum atomic E-state index is 0.488. The molecule has 0 fully saturated rings. The van der Waals surface area contributed by atoms with E-state index in [1.54, 1.807) is 7.11 Å². The van der Waals surface area contributed by atoms with Gasteiger partial charge in [0.1, 0.15) is 12.4 Å². The molecule has 0 aliphatic rings. The van der Waals surface area contributed by atoms with Gasteiger partial charge in [-0.2, -0.15) is 0 Å². The summed E-state index contributed by atoms with van der Waals surface area (Å²) in [5.41, 5.74) is 2.51. The average molecular weight is 358 g/mol. The summed E-state index contributed by atoms with van der Waals surface area (Å²) in [5.74, 6) is 2.59. The molecule has 0 radical (unpaired) electrons. The van der Waals surface area contributed by atoms with Crippen molar-refractivity contribution in [1.29, 1.82) is 0 Å². The maximum atomic E-state index is 5.12. The molecule has 7 heteroatoms. The first-order valence-electron chi connectivity index (χ1n) is 8.90. The van der Waals surface area contributed by atoms with Crippen molar-refractivity contribution in [3.63, 3.8) is 0 Å². The Balaban J connectivity index is 2.06. The molecule has 0 amide bonds. The van der Waals surface area contributed by atoms with Crippen molar-refractivity contribution in [2.24, 2.45) is 12.0 Å². The first-order chi connectivity index (χ1) is 12.5. The van der Waals surface area contributed by atoms with E-state index < -0.39 is 0 Å². The Kier molecular flexibility index (Phi) is 7.59. The number of hydrogen-bond acceptors (Lipinski definition) is 4. The van der Waals surface area contributed by atoms with Crippen LogP contribution in [0.15, 0.2) is 29.3 Å². The molecule has 1 aromatic heterocycles. The van der Waals surface area contributed by atoms with Gasteiger partial charge in [0.2, 0.25) is 0 Å². The number of aromatic nitrogens is 3. The summed E-state index contributed by atoms with van der Waals surface area (Å²) in [7, 11) is 5.72.